The van der Waals surface area contributed by atoms with Crippen LogP contribution in [0.15, 0.2) is 18.2 Å². The summed E-state index contributed by atoms with van der Waals surface area (Å²) >= 11 is 5.76. The molecule has 1 fully saturated rings. The van der Waals surface area contributed by atoms with Crippen molar-refractivity contribution in [2.45, 2.75) is 26.2 Å². The van der Waals surface area contributed by atoms with E-state index in [0.717, 1.165) is 6.54 Å². The Morgan fingerprint density at radius 1 is 1.53 bits per heavy atom. The lowest BCUT2D eigenvalue weighted by molar-refractivity contribution is -0.384. The number of hydrogen-bond donors (Lipinski definition) is 1. The lowest BCUT2D eigenvalue weighted by atomic mass is 9.70. The summed E-state index contributed by atoms with van der Waals surface area (Å²) in [6, 6.07) is 4.72. The number of nitrogens with zero attached hydrogens (tertiary/aromatic N) is 1. The van der Waals surface area contributed by atoms with Crippen LogP contribution in [0.1, 0.15) is 26.2 Å². The van der Waals surface area contributed by atoms with Crippen LogP contribution in [0.3, 0.4) is 0 Å². The first-order valence-electron chi connectivity index (χ1n) is 5.68. The van der Waals surface area contributed by atoms with Gasteiger partial charge in [0.05, 0.1) is 4.92 Å². The molecular weight excluding hydrogens is 240 g/mol. The van der Waals surface area contributed by atoms with Gasteiger partial charge in [0, 0.05) is 17.6 Å². The number of nitrogens with one attached hydrogen (secondary N) is 1. The first kappa shape index (κ1) is 12.2. The van der Waals surface area contributed by atoms with E-state index in [-0.39, 0.29) is 11.1 Å². The third kappa shape index (κ3) is 2.69. The first-order chi connectivity index (χ1) is 8.00. The molecule has 4 nitrogen and oxygen atoms in total. The molecule has 0 unspecified atom stereocenters. The Labute approximate surface area is 105 Å². The third-order valence-corrected chi connectivity index (χ3v) is 3.66. The van der Waals surface area contributed by atoms with Crippen molar-refractivity contribution < 1.29 is 4.92 Å². The highest BCUT2D eigenvalue weighted by molar-refractivity contribution is 6.30. The van der Waals surface area contributed by atoms with Crippen LogP contribution in [0.25, 0.3) is 0 Å². The second-order valence-corrected chi connectivity index (χ2v) is 5.37. The zero-order valence-corrected chi connectivity index (χ0v) is 10.5. The molecule has 17 heavy (non-hydrogen) atoms. The summed E-state index contributed by atoms with van der Waals surface area (Å²) in [5.74, 6) is 0. The lowest BCUT2D eigenvalue weighted by Crippen LogP contribution is -2.33. The van der Waals surface area contributed by atoms with Gasteiger partial charge in [0.15, 0.2) is 0 Å². The van der Waals surface area contributed by atoms with E-state index >= 15 is 0 Å². The van der Waals surface area contributed by atoms with Crippen LogP contribution in [-0.4, -0.2) is 11.5 Å². The summed E-state index contributed by atoms with van der Waals surface area (Å²) < 4.78 is 0. The molecule has 0 spiro atoms. The molecule has 0 aromatic heterocycles. The van der Waals surface area contributed by atoms with E-state index < -0.39 is 4.92 Å². The van der Waals surface area contributed by atoms with E-state index in [0.29, 0.717) is 10.7 Å². The number of benzene rings is 1. The summed E-state index contributed by atoms with van der Waals surface area (Å²) in [4.78, 5) is 10.5. The lowest BCUT2D eigenvalue weighted by Gasteiger charge is -2.38. The largest absolute Gasteiger partial charge is 0.379 e. The highest BCUT2D eigenvalue weighted by Gasteiger charge is 2.31. The summed E-state index contributed by atoms with van der Waals surface area (Å²) in [5.41, 5.74) is 0.876. The number of nitro groups is 1. The minimum Gasteiger partial charge on any atom is -0.379 e. The molecule has 1 aliphatic rings. The van der Waals surface area contributed by atoms with Gasteiger partial charge in [0.25, 0.3) is 5.69 Å². The van der Waals surface area contributed by atoms with Gasteiger partial charge in [-0.25, -0.2) is 0 Å². The minimum atomic E-state index is -0.405. The monoisotopic (exact) mass is 254 g/mol. The van der Waals surface area contributed by atoms with Gasteiger partial charge in [-0.1, -0.05) is 24.9 Å². The number of hydrogen-bond acceptors (Lipinski definition) is 3. The Bertz CT molecular complexity index is 444. The molecule has 1 saturated carbocycles. The smallest absolute Gasteiger partial charge is 0.293 e. The van der Waals surface area contributed by atoms with Gasteiger partial charge in [-0.2, -0.15) is 0 Å². The zero-order valence-electron chi connectivity index (χ0n) is 9.70. The van der Waals surface area contributed by atoms with E-state index in [2.05, 4.69) is 12.2 Å². The van der Waals surface area contributed by atoms with Crippen molar-refractivity contribution in [1.82, 2.24) is 0 Å². The van der Waals surface area contributed by atoms with E-state index in [9.17, 15) is 10.1 Å². The van der Waals surface area contributed by atoms with Gasteiger partial charge in [0.2, 0.25) is 0 Å². The number of anilines is 1. The Hall–Kier alpha value is -1.29. The Balaban J connectivity index is 2.12. The van der Waals surface area contributed by atoms with Gasteiger partial charge >= 0.3 is 0 Å². The molecule has 0 heterocycles. The van der Waals surface area contributed by atoms with Crippen LogP contribution in [0.5, 0.6) is 0 Å². The highest BCUT2D eigenvalue weighted by atomic mass is 35.5. The first-order valence-corrected chi connectivity index (χ1v) is 6.06. The Morgan fingerprint density at radius 3 is 2.76 bits per heavy atom. The summed E-state index contributed by atoms with van der Waals surface area (Å²) in [6.07, 6.45) is 3.61. The molecule has 1 N–H and O–H groups in total. The molecule has 1 aliphatic carbocycles. The van der Waals surface area contributed by atoms with Crippen molar-refractivity contribution in [3.63, 3.8) is 0 Å². The van der Waals surface area contributed by atoms with Crippen molar-refractivity contribution in [2.75, 3.05) is 11.9 Å². The molecule has 2 rings (SSSR count). The Morgan fingerprint density at radius 2 is 2.24 bits per heavy atom. The van der Waals surface area contributed by atoms with Crippen LogP contribution in [-0.2, 0) is 0 Å². The molecular formula is C12H15ClN2O2. The van der Waals surface area contributed by atoms with Crippen molar-refractivity contribution in [1.29, 1.82) is 0 Å². The highest BCUT2D eigenvalue weighted by Crippen LogP contribution is 2.40. The van der Waals surface area contributed by atoms with Crippen molar-refractivity contribution in [2.24, 2.45) is 5.41 Å². The average molecular weight is 255 g/mol. The Kier molecular flexibility index (Phi) is 3.24. The molecule has 0 bridgehead atoms. The number of halogens is 1. The third-order valence-electron chi connectivity index (χ3n) is 3.42. The maximum atomic E-state index is 10.9. The summed E-state index contributed by atoms with van der Waals surface area (Å²) in [7, 11) is 0. The van der Waals surface area contributed by atoms with Crippen LogP contribution in [0.4, 0.5) is 11.4 Å². The maximum Gasteiger partial charge on any atom is 0.293 e. The minimum absolute atomic E-state index is 0.0421. The average Bonchev–Trinajstić information content (AvgIpc) is 2.24. The number of nitro benzene ring substituents is 1. The number of rotatable bonds is 4. The predicted molar refractivity (Wildman–Crippen MR) is 68.6 cm³/mol. The molecule has 1 aromatic rings. The molecule has 0 aliphatic heterocycles. The molecule has 0 atom stereocenters. The van der Waals surface area contributed by atoms with Gasteiger partial charge in [-0.05, 0) is 30.4 Å². The fraction of sp³-hybridized carbons (Fsp3) is 0.500. The van der Waals surface area contributed by atoms with E-state index in [1.807, 2.05) is 0 Å². The molecule has 0 saturated heterocycles. The van der Waals surface area contributed by atoms with Crippen LogP contribution < -0.4 is 5.32 Å². The molecule has 92 valence electrons. The van der Waals surface area contributed by atoms with Crippen molar-refractivity contribution >= 4 is 23.0 Å². The van der Waals surface area contributed by atoms with E-state index in [1.54, 1.807) is 12.1 Å². The van der Waals surface area contributed by atoms with Gasteiger partial charge in [-0.15, -0.1) is 0 Å². The van der Waals surface area contributed by atoms with Gasteiger partial charge < -0.3 is 5.32 Å². The van der Waals surface area contributed by atoms with Gasteiger partial charge in [-0.3, -0.25) is 10.1 Å². The van der Waals surface area contributed by atoms with Crippen molar-refractivity contribution in [3.8, 4) is 0 Å². The summed E-state index contributed by atoms with van der Waals surface area (Å²) in [5, 5.41) is 14.4. The zero-order chi connectivity index (χ0) is 12.5. The normalized spacial score (nSPS) is 17.3. The predicted octanol–water partition coefficient (Wildman–Crippen LogP) is 3.85. The molecule has 1 aromatic carbocycles. The molecule has 5 heteroatoms. The molecule has 0 amide bonds. The second kappa shape index (κ2) is 4.53. The van der Waals surface area contributed by atoms with E-state index in [1.165, 1.54) is 25.3 Å². The standard InChI is InChI=1S/C12H15ClN2O2/c1-12(5-2-6-12)8-14-10-4-3-9(13)7-11(10)15(16)17/h3-4,7,14H,2,5-6,8H2,1H3. The van der Waals surface area contributed by atoms with Crippen LogP contribution >= 0.6 is 11.6 Å². The SMILES string of the molecule is CC1(CNc2ccc(Cl)cc2[N+](=O)[O-])CCC1. The second-order valence-electron chi connectivity index (χ2n) is 4.94. The topological polar surface area (TPSA) is 55.2 Å². The summed E-state index contributed by atoms with van der Waals surface area (Å²) in [6.45, 7) is 2.97. The van der Waals surface area contributed by atoms with Gasteiger partial charge in [0.1, 0.15) is 5.69 Å². The van der Waals surface area contributed by atoms with Crippen molar-refractivity contribution in [3.05, 3.63) is 33.3 Å². The molecule has 0 radical (unpaired) electrons. The quantitative estimate of drug-likeness (QED) is 0.656. The van der Waals surface area contributed by atoms with Crippen LogP contribution in [0.2, 0.25) is 5.02 Å². The fourth-order valence-electron chi connectivity index (χ4n) is 2.07. The van der Waals surface area contributed by atoms with Crippen LogP contribution in [0, 0.1) is 15.5 Å². The maximum absolute atomic E-state index is 10.9. The fourth-order valence-corrected chi connectivity index (χ4v) is 2.24. The van der Waals surface area contributed by atoms with E-state index in [4.69, 9.17) is 11.6 Å².